The van der Waals surface area contributed by atoms with E-state index >= 15 is 0 Å². The quantitative estimate of drug-likeness (QED) is 0.0649. The number of aliphatic hydroxyl groups excluding tert-OH is 1. The summed E-state index contributed by atoms with van der Waals surface area (Å²) in [5, 5.41) is 20.9. The molecule has 0 aliphatic carbocycles. The summed E-state index contributed by atoms with van der Waals surface area (Å²) in [6.45, 7) is 4.11. The summed E-state index contributed by atoms with van der Waals surface area (Å²) in [7, 11) is 0. The fourth-order valence-corrected chi connectivity index (χ4v) is 6.77. The maximum absolute atomic E-state index is 14.4. The number of ether oxygens (including phenoxy) is 1. The summed E-state index contributed by atoms with van der Waals surface area (Å²) < 4.78 is 20.6. The maximum atomic E-state index is 14.4. The molecule has 1 N–H and O–H groups in total. The first-order valence-electron chi connectivity index (χ1n) is 12.9. The van der Waals surface area contributed by atoms with Gasteiger partial charge in [-0.1, -0.05) is 83.6 Å². The average Bonchev–Trinajstić information content (AvgIpc) is 3.54. The fraction of sp³-hybridized carbons (Fsp3) is 0.200. The van der Waals surface area contributed by atoms with Gasteiger partial charge in [-0.15, -0.1) is 10.2 Å². The predicted molar refractivity (Wildman–Crippen MR) is 164 cm³/mol. The number of carbonyl (C=O) groups is 2. The molecule has 12 heteroatoms. The van der Waals surface area contributed by atoms with Crippen LogP contribution in [0.2, 0.25) is 10.0 Å². The van der Waals surface area contributed by atoms with E-state index in [1.54, 1.807) is 43.3 Å². The van der Waals surface area contributed by atoms with Crippen LogP contribution in [0, 0.1) is 12.7 Å². The number of aryl methyl sites for hydroxylation is 1. The second kappa shape index (κ2) is 12.8. The first-order valence-corrected chi connectivity index (χ1v) is 15.4. The van der Waals surface area contributed by atoms with E-state index in [0.717, 1.165) is 29.4 Å². The molecular formula is C30H24Cl2FN3O4S2. The van der Waals surface area contributed by atoms with Crippen molar-refractivity contribution in [1.29, 1.82) is 0 Å². The highest BCUT2D eigenvalue weighted by molar-refractivity contribution is 8.00. The van der Waals surface area contributed by atoms with E-state index in [-0.39, 0.29) is 16.3 Å². The van der Waals surface area contributed by atoms with Gasteiger partial charge in [-0.05, 0) is 60.4 Å². The topological polar surface area (TPSA) is 92.6 Å². The molecule has 0 spiro atoms. The molecule has 7 nitrogen and oxygen atoms in total. The van der Waals surface area contributed by atoms with Crippen LogP contribution in [0.5, 0.6) is 5.75 Å². The van der Waals surface area contributed by atoms with E-state index in [1.165, 1.54) is 28.8 Å². The number of aromatic nitrogens is 2. The summed E-state index contributed by atoms with van der Waals surface area (Å²) in [5.74, 6) is -1.73. The summed E-state index contributed by atoms with van der Waals surface area (Å²) in [5.41, 5.74) is 1.66. The largest absolute Gasteiger partial charge is 0.507 e. The van der Waals surface area contributed by atoms with Crippen LogP contribution in [-0.2, 0) is 15.3 Å². The Balaban J connectivity index is 1.53. The number of hydrogen-bond acceptors (Lipinski definition) is 8. The number of ketones is 1. The number of halogens is 3. The number of benzene rings is 3. The molecule has 1 aromatic heterocycles. The zero-order valence-corrected chi connectivity index (χ0v) is 25.6. The van der Waals surface area contributed by atoms with E-state index in [1.807, 2.05) is 13.0 Å². The van der Waals surface area contributed by atoms with Gasteiger partial charge in [-0.2, -0.15) is 0 Å². The first-order chi connectivity index (χ1) is 20.2. The molecule has 1 amide bonds. The van der Waals surface area contributed by atoms with Gasteiger partial charge in [0.1, 0.15) is 17.3 Å². The number of amides is 1. The standard InChI is InChI=1S/C30H24Cl2FN3O4S2/c1-3-12-40-21-10-7-17(8-11-21)25-24(26(37)18-5-4-16(2)23(33)13-18)27(38)28(39)36(25)29-34-35-30(42-29)41-15-19-6-9-20(31)14-22(19)32/h4-11,13-14,25,37H,3,12,15H2,1-2H3/t25-/m1/s1. The second-order valence-corrected chi connectivity index (χ2v) is 12.4. The van der Waals surface area contributed by atoms with Gasteiger partial charge in [0, 0.05) is 21.4 Å². The van der Waals surface area contributed by atoms with Gasteiger partial charge in [0.05, 0.1) is 18.2 Å². The van der Waals surface area contributed by atoms with Crippen LogP contribution in [0.4, 0.5) is 9.52 Å². The van der Waals surface area contributed by atoms with Crippen LogP contribution < -0.4 is 9.64 Å². The smallest absolute Gasteiger partial charge is 0.301 e. The molecule has 3 aromatic carbocycles. The lowest BCUT2D eigenvalue weighted by atomic mass is 9.95. The number of hydrogen-bond donors (Lipinski definition) is 1. The highest BCUT2D eigenvalue weighted by atomic mass is 35.5. The molecule has 1 aliphatic heterocycles. The molecule has 2 heterocycles. The van der Waals surface area contributed by atoms with Gasteiger partial charge in [0.15, 0.2) is 4.34 Å². The predicted octanol–water partition coefficient (Wildman–Crippen LogP) is 8.00. The molecule has 216 valence electrons. The summed E-state index contributed by atoms with van der Waals surface area (Å²) in [6.07, 6.45) is 0.830. The van der Waals surface area contributed by atoms with Gasteiger partial charge < -0.3 is 9.84 Å². The van der Waals surface area contributed by atoms with Crippen LogP contribution in [0.1, 0.15) is 41.6 Å². The third-order valence-electron chi connectivity index (χ3n) is 6.53. The van der Waals surface area contributed by atoms with Crippen molar-refractivity contribution in [3.63, 3.8) is 0 Å². The highest BCUT2D eigenvalue weighted by Gasteiger charge is 2.48. The third-order valence-corrected chi connectivity index (χ3v) is 9.22. The Hall–Kier alpha value is -3.44. The number of aliphatic hydroxyl groups is 1. The summed E-state index contributed by atoms with van der Waals surface area (Å²) in [4.78, 5) is 28.1. The van der Waals surface area contributed by atoms with Crippen molar-refractivity contribution in [3.8, 4) is 5.75 Å². The lowest BCUT2D eigenvalue weighted by molar-refractivity contribution is -0.132. The number of thioether (sulfide) groups is 1. The van der Waals surface area contributed by atoms with E-state index < -0.39 is 29.3 Å². The molecule has 42 heavy (non-hydrogen) atoms. The molecule has 1 saturated heterocycles. The lowest BCUT2D eigenvalue weighted by Crippen LogP contribution is -2.29. The highest BCUT2D eigenvalue weighted by Crippen LogP contribution is 2.44. The molecule has 1 aliphatic rings. The molecule has 5 rings (SSSR count). The average molecular weight is 645 g/mol. The minimum atomic E-state index is -1.04. The maximum Gasteiger partial charge on any atom is 0.301 e. The van der Waals surface area contributed by atoms with E-state index in [2.05, 4.69) is 10.2 Å². The van der Waals surface area contributed by atoms with Gasteiger partial charge in [-0.25, -0.2) is 4.39 Å². The zero-order valence-electron chi connectivity index (χ0n) is 22.4. The third kappa shape index (κ3) is 6.17. The van der Waals surface area contributed by atoms with Crippen LogP contribution >= 0.6 is 46.3 Å². The number of nitrogens with zero attached hydrogens (tertiary/aromatic N) is 3. The molecule has 0 radical (unpaired) electrons. The number of Topliss-reactive ketones (excluding diaryl/α,β-unsaturated/α-hetero) is 1. The Morgan fingerprint density at radius 1 is 1.10 bits per heavy atom. The molecular weight excluding hydrogens is 620 g/mol. The summed E-state index contributed by atoms with van der Waals surface area (Å²) in [6, 6.07) is 15.2. The van der Waals surface area contributed by atoms with Gasteiger partial charge in [0.25, 0.3) is 5.78 Å². The number of rotatable bonds is 9. The molecule has 4 aromatic rings. The van der Waals surface area contributed by atoms with Crippen LogP contribution in [-0.4, -0.2) is 33.6 Å². The van der Waals surface area contributed by atoms with Gasteiger partial charge in [-0.3, -0.25) is 14.5 Å². The second-order valence-electron chi connectivity index (χ2n) is 9.43. The Kier molecular flexibility index (Phi) is 9.17. The van der Waals surface area contributed by atoms with Crippen molar-refractivity contribution < 1.29 is 23.8 Å². The van der Waals surface area contributed by atoms with E-state index in [4.69, 9.17) is 27.9 Å². The molecule has 1 fully saturated rings. The summed E-state index contributed by atoms with van der Waals surface area (Å²) >= 11 is 14.8. The van der Waals surface area contributed by atoms with Gasteiger partial charge >= 0.3 is 5.91 Å². The van der Waals surface area contributed by atoms with E-state index in [0.29, 0.717) is 43.6 Å². The van der Waals surface area contributed by atoms with Crippen molar-refractivity contribution in [3.05, 3.63) is 104 Å². The van der Waals surface area contributed by atoms with Crippen LogP contribution in [0.3, 0.4) is 0 Å². The van der Waals surface area contributed by atoms with Crippen LogP contribution in [0.15, 0.2) is 70.6 Å². The first kappa shape index (κ1) is 30.0. The van der Waals surface area contributed by atoms with Crippen molar-refractivity contribution in [2.75, 3.05) is 11.5 Å². The van der Waals surface area contributed by atoms with Crippen molar-refractivity contribution in [2.24, 2.45) is 0 Å². The molecule has 0 bridgehead atoms. The van der Waals surface area contributed by atoms with Crippen molar-refractivity contribution in [2.45, 2.75) is 36.4 Å². The Labute approximate surface area is 259 Å². The Bertz CT molecular complexity index is 1690. The van der Waals surface area contributed by atoms with Crippen LogP contribution in [0.25, 0.3) is 5.76 Å². The molecule has 0 unspecified atom stereocenters. The van der Waals surface area contributed by atoms with E-state index in [9.17, 15) is 19.1 Å². The molecule has 0 saturated carbocycles. The monoisotopic (exact) mass is 643 g/mol. The molecule has 1 atom stereocenters. The Morgan fingerprint density at radius 3 is 2.55 bits per heavy atom. The normalized spacial score (nSPS) is 16.3. The minimum absolute atomic E-state index is 0.0809. The van der Waals surface area contributed by atoms with Crippen molar-refractivity contribution in [1.82, 2.24) is 10.2 Å². The van der Waals surface area contributed by atoms with Gasteiger partial charge in [0.2, 0.25) is 5.13 Å². The minimum Gasteiger partial charge on any atom is -0.507 e. The van der Waals surface area contributed by atoms with Crippen molar-refractivity contribution >= 4 is 68.9 Å². The SMILES string of the molecule is CCCOc1ccc([C@@H]2C(=C(O)c3ccc(C)c(F)c3)C(=O)C(=O)N2c2nnc(SCc3ccc(Cl)cc3Cl)s2)cc1. The number of anilines is 1. The zero-order chi connectivity index (χ0) is 30.0. The lowest BCUT2D eigenvalue weighted by Gasteiger charge is -2.22. The Morgan fingerprint density at radius 2 is 1.86 bits per heavy atom. The fourth-order valence-electron chi connectivity index (χ4n) is 4.34. The number of carbonyl (C=O) groups excluding carboxylic acids is 2.